The summed E-state index contributed by atoms with van der Waals surface area (Å²) in [5.41, 5.74) is 7.62. The summed E-state index contributed by atoms with van der Waals surface area (Å²) in [5.74, 6) is 0. The van der Waals surface area contributed by atoms with Crippen LogP contribution >= 0.6 is 22.9 Å². The molecule has 0 unspecified atom stereocenters. The molecular formula is C29H24ClN3OS. The molecule has 0 spiro atoms. The second kappa shape index (κ2) is 8.67. The van der Waals surface area contributed by atoms with Crippen LogP contribution in [0.3, 0.4) is 0 Å². The summed E-state index contributed by atoms with van der Waals surface area (Å²) in [4.78, 5) is 21.7. The van der Waals surface area contributed by atoms with Gasteiger partial charge in [0, 0.05) is 30.4 Å². The molecule has 1 aromatic heterocycles. The fraction of sp³-hybridized carbons (Fsp3) is 0.172. The smallest absolute Gasteiger partial charge is 0.271 e. The van der Waals surface area contributed by atoms with Gasteiger partial charge < -0.3 is 4.90 Å². The van der Waals surface area contributed by atoms with E-state index in [1.807, 2.05) is 61.1 Å². The highest BCUT2D eigenvalue weighted by Crippen LogP contribution is 2.42. The lowest BCUT2D eigenvalue weighted by Gasteiger charge is -2.31. The summed E-state index contributed by atoms with van der Waals surface area (Å²) < 4.78 is 2.52. The molecule has 6 heteroatoms. The van der Waals surface area contributed by atoms with Gasteiger partial charge in [0.25, 0.3) is 5.56 Å². The van der Waals surface area contributed by atoms with E-state index >= 15 is 0 Å². The van der Waals surface area contributed by atoms with Gasteiger partial charge in [0.05, 0.1) is 16.3 Å². The lowest BCUT2D eigenvalue weighted by atomic mass is 9.83. The number of fused-ring (bicyclic) bond motifs is 3. The van der Waals surface area contributed by atoms with Gasteiger partial charge in [-0.15, -0.1) is 0 Å². The summed E-state index contributed by atoms with van der Waals surface area (Å²) in [7, 11) is 4.03. The average Bonchev–Trinajstić information content (AvgIpc) is 3.18. The SMILES string of the molecule is CN(C)c1ccc(C=c2sc3n(c2=O)[C@@H](c2ccccc2Cl)C2=C(N=3)c3ccccc3CC2)cc1. The van der Waals surface area contributed by atoms with Crippen molar-refractivity contribution in [3.05, 3.63) is 125 Å². The zero-order chi connectivity index (χ0) is 24.1. The molecule has 0 saturated heterocycles. The molecule has 0 amide bonds. The Kier molecular flexibility index (Phi) is 5.47. The second-order valence-corrected chi connectivity index (χ2v) is 10.5. The number of anilines is 1. The number of halogens is 1. The normalized spacial score (nSPS) is 16.9. The van der Waals surface area contributed by atoms with Gasteiger partial charge in [-0.05, 0) is 59.4 Å². The van der Waals surface area contributed by atoms with Gasteiger partial charge in [0.1, 0.15) is 0 Å². The van der Waals surface area contributed by atoms with Crippen molar-refractivity contribution in [1.29, 1.82) is 0 Å². The average molecular weight is 498 g/mol. The third-order valence-corrected chi connectivity index (χ3v) is 8.11. The molecule has 2 aliphatic rings. The summed E-state index contributed by atoms with van der Waals surface area (Å²) >= 11 is 8.15. The number of nitrogens with zero attached hydrogens (tertiary/aromatic N) is 3. The molecule has 1 atom stereocenters. The van der Waals surface area contributed by atoms with Gasteiger partial charge in [0.15, 0.2) is 4.80 Å². The first kappa shape index (κ1) is 22.1. The molecule has 2 heterocycles. The lowest BCUT2D eigenvalue weighted by Crippen LogP contribution is -2.38. The number of aryl methyl sites for hydroxylation is 1. The largest absolute Gasteiger partial charge is 0.378 e. The predicted molar refractivity (Wildman–Crippen MR) is 145 cm³/mol. The van der Waals surface area contributed by atoms with E-state index in [0.717, 1.165) is 46.5 Å². The first-order chi connectivity index (χ1) is 17.0. The number of thiazole rings is 1. The van der Waals surface area contributed by atoms with Crippen molar-refractivity contribution in [3.63, 3.8) is 0 Å². The second-order valence-electron chi connectivity index (χ2n) is 9.12. The maximum absolute atomic E-state index is 13.8. The minimum Gasteiger partial charge on any atom is -0.378 e. The van der Waals surface area contributed by atoms with E-state index in [4.69, 9.17) is 16.6 Å². The fourth-order valence-corrected chi connectivity index (χ4v) is 6.26. The summed E-state index contributed by atoms with van der Waals surface area (Å²) in [5, 5.41) is 0.666. The summed E-state index contributed by atoms with van der Waals surface area (Å²) in [6.45, 7) is 0. The molecule has 0 radical (unpaired) electrons. The molecule has 0 N–H and O–H groups in total. The molecule has 174 valence electrons. The molecule has 1 aliphatic heterocycles. The van der Waals surface area contributed by atoms with Crippen LogP contribution < -0.4 is 19.8 Å². The van der Waals surface area contributed by atoms with E-state index in [-0.39, 0.29) is 11.6 Å². The maximum Gasteiger partial charge on any atom is 0.271 e. The monoisotopic (exact) mass is 497 g/mol. The Morgan fingerprint density at radius 2 is 1.74 bits per heavy atom. The van der Waals surface area contributed by atoms with Gasteiger partial charge in [0.2, 0.25) is 0 Å². The van der Waals surface area contributed by atoms with Crippen molar-refractivity contribution < 1.29 is 0 Å². The Hall–Kier alpha value is -3.41. The number of rotatable bonds is 3. The molecule has 0 saturated carbocycles. The Morgan fingerprint density at radius 3 is 2.51 bits per heavy atom. The van der Waals surface area contributed by atoms with Crippen LogP contribution in [0.4, 0.5) is 5.69 Å². The first-order valence-corrected chi connectivity index (χ1v) is 12.9. The van der Waals surface area contributed by atoms with Gasteiger partial charge >= 0.3 is 0 Å². The molecule has 3 aromatic carbocycles. The van der Waals surface area contributed by atoms with Gasteiger partial charge in [-0.2, -0.15) is 0 Å². The van der Waals surface area contributed by atoms with Crippen molar-refractivity contribution in [2.24, 2.45) is 4.99 Å². The van der Waals surface area contributed by atoms with Gasteiger partial charge in [-0.1, -0.05) is 77.5 Å². The van der Waals surface area contributed by atoms with Crippen LogP contribution in [0.25, 0.3) is 11.8 Å². The molecule has 0 fully saturated rings. The highest BCUT2D eigenvalue weighted by atomic mass is 35.5. The van der Waals surface area contributed by atoms with Crippen LogP contribution in [0.2, 0.25) is 5.02 Å². The zero-order valence-corrected chi connectivity index (χ0v) is 21.1. The van der Waals surface area contributed by atoms with Gasteiger partial charge in [-0.3, -0.25) is 9.36 Å². The van der Waals surface area contributed by atoms with Crippen molar-refractivity contribution in [1.82, 2.24) is 4.57 Å². The molecule has 4 nitrogen and oxygen atoms in total. The van der Waals surface area contributed by atoms with Crippen LogP contribution in [-0.2, 0) is 6.42 Å². The van der Waals surface area contributed by atoms with E-state index in [0.29, 0.717) is 14.4 Å². The summed E-state index contributed by atoms with van der Waals surface area (Å²) in [6.07, 6.45) is 3.74. The van der Waals surface area contributed by atoms with Crippen molar-refractivity contribution in [3.8, 4) is 0 Å². The molecular weight excluding hydrogens is 474 g/mol. The van der Waals surface area contributed by atoms with Crippen LogP contribution in [0.15, 0.2) is 88.2 Å². The molecule has 6 rings (SSSR count). The topological polar surface area (TPSA) is 37.6 Å². The molecule has 0 bridgehead atoms. The first-order valence-electron chi connectivity index (χ1n) is 11.7. The van der Waals surface area contributed by atoms with E-state index < -0.39 is 0 Å². The number of hydrogen-bond donors (Lipinski definition) is 0. The number of aromatic nitrogens is 1. The number of hydrogen-bond acceptors (Lipinski definition) is 4. The van der Waals surface area contributed by atoms with Crippen molar-refractivity contribution in [2.45, 2.75) is 18.9 Å². The molecule has 35 heavy (non-hydrogen) atoms. The standard InChI is InChI=1S/C29H24ClN3OS/c1-32(2)20-14-11-18(12-15-20)17-25-28(34)33-27(22-9-5-6-10-24(22)30)23-16-13-19-7-3-4-8-21(19)26(23)31-29(33)35-25/h3-12,14-15,17,27H,13,16H2,1-2H3/t27-/m0/s1. The molecule has 4 aromatic rings. The van der Waals surface area contributed by atoms with Crippen molar-refractivity contribution in [2.75, 3.05) is 19.0 Å². The Labute approximate surface area is 212 Å². The Bertz CT molecular complexity index is 1660. The summed E-state index contributed by atoms with van der Waals surface area (Å²) in [6, 6.07) is 24.2. The van der Waals surface area contributed by atoms with Crippen LogP contribution in [-0.4, -0.2) is 18.7 Å². The maximum atomic E-state index is 13.8. The predicted octanol–water partition coefficient (Wildman–Crippen LogP) is 5.04. The minimum atomic E-state index is -0.262. The van der Waals surface area contributed by atoms with Gasteiger partial charge in [-0.25, -0.2) is 4.99 Å². The van der Waals surface area contributed by atoms with E-state index in [1.165, 1.54) is 16.9 Å². The third-order valence-electron chi connectivity index (χ3n) is 6.78. The zero-order valence-electron chi connectivity index (χ0n) is 19.5. The highest BCUT2D eigenvalue weighted by Gasteiger charge is 2.33. The van der Waals surface area contributed by atoms with Crippen LogP contribution in [0.1, 0.15) is 34.7 Å². The third kappa shape index (κ3) is 3.76. The van der Waals surface area contributed by atoms with Crippen molar-refractivity contribution >= 4 is 40.4 Å². The fourth-order valence-electron chi connectivity index (χ4n) is 5.02. The van der Waals surface area contributed by atoms with Crippen LogP contribution in [0, 0.1) is 0 Å². The lowest BCUT2D eigenvalue weighted by molar-refractivity contribution is 0.585. The highest BCUT2D eigenvalue weighted by molar-refractivity contribution is 7.07. The Morgan fingerprint density at radius 1 is 1.00 bits per heavy atom. The van der Waals surface area contributed by atoms with E-state index in [9.17, 15) is 4.79 Å². The molecule has 1 aliphatic carbocycles. The van der Waals surface area contributed by atoms with E-state index in [1.54, 1.807) is 0 Å². The van der Waals surface area contributed by atoms with Crippen LogP contribution in [0.5, 0.6) is 0 Å². The quantitative estimate of drug-likeness (QED) is 0.398. The van der Waals surface area contributed by atoms with E-state index in [2.05, 4.69) is 41.3 Å². The Balaban J connectivity index is 1.59. The number of allylic oxidation sites excluding steroid dienone is 1. The number of benzene rings is 3. The minimum absolute atomic E-state index is 0.0271.